The van der Waals surface area contributed by atoms with Crippen molar-refractivity contribution in [3.63, 3.8) is 0 Å². The van der Waals surface area contributed by atoms with Crippen LogP contribution in [0.2, 0.25) is 0 Å². The quantitative estimate of drug-likeness (QED) is 0.513. The van der Waals surface area contributed by atoms with E-state index < -0.39 is 0 Å². The van der Waals surface area contributed by atoms with Gasteiger partial charge in [-0.05, 0) is 6.42 Å². The third kappa shape index (κ3) is 0.920. The van der Waals surface area contributed by atoms with Crippen molar-refractivity contribution >= 4 is 5.84 Å². The minimum Gasteiger partial charge on any atom is -0.287 e. The lowest BCUT2D eigenvalue weighted by Crippen LogP contribution is -2.27. The van der Waals surface area contributed by atoms with Gasteiger partial charge in [0.15, 0.2) is 0 Å². The van der Waals surface area contributed by atoms with E-state index >= 15 is 0 Å². The van der Waals surface area contributed by atoms with Crippen molar-refractivity contribution < 1.29 is 5.21 Å². The molecular formula is C6H12N2O. The van der Waals surface area contributed by atoms with Gasteiger partial charge in [-0.25, -0.2) is 5.06 Å². The molecular weight excluding hydrogens is 116 g/mol. The summed E-state index contributed by atoms with van der Waals surface area (Å²) in [6.45, 7) is 4.53. The molecule has 3 nitrogen and oxygen atoms in total. The molecule has 0 atom stereocenters. The number of hydrogen-bond acceptors (Lipinski definition) is 2. The van der Waals surface area contributed by atoms with Crippen LogP contribution in [0.15, 0.2) is 0 Å². The molecule has 0 saturated carbocycles. The first-order chi connectivity index (χ1) is 4.04. The smallest absolute Gasteiger partial charge is 0.126 e. The monoisotopic (exact) mass is 128 g/mol. The van der Waals surface area contributed by atoms with E-state index in [0.29, 0.717) is 12.4 Å². The van der Waals surface area contributed by atoms with Crippen LogP contribution >= 0.6 is 0 Å². The number of nitrogens with zero attached hydrogens (tertiary/aromatic N) is 1. The molecule has 2 N–H and O–H groups in total. The van der Waals surface area contributed by atoms with Gasteiger partial charge in [-0.3, -0.25) is 10.6 Å². The Kier molecular flexibility index (Phi) is 1.24. The van der Waals surface area contributed by atoms with Crippen LogP contribution in [-0.4, -0.2) is 22.7 Å². The van der Waals surface area contributed by atoms with E-state index in [1.54, 1.807) is 0 Å². The number of nitrogens with one attached hydrogen (secondary N) is 1. The van der Waals surface area contributed by atoms with E-state index in [1.807, 2.05) is 13.8 Å². The molecule has 52 valence electrons. The average Bonchev–Trinajstić information content (AvgIpc) is 1.97. The first kappa shape index (κ1) is 6.55. The Morgan fingerprint density at radius 3 is 2.33 bits per heavy atom. The van der Waals surface area contributed by atoms with Gasteiger partial charge in [-0.15, -0.1) is 0 Å². The molecule has 0 aromatic carbocycles. The van der Waals surface area contributed by atoms with Crippen molar-refractivity contribution in [3.05, 3.63) is 0 Å². The van der Waals surface area contributed by atoms with Crippen LogP contribution in [0.3, 0.4) is 0 Å². The molecule has 0 bridgehead atoms. The van der Waals surface area contributed by atoms with Gasteiger partial charge in [0.2, 0.25) is 0 Å². The Morgan fingerprint density at radius 2 is 2.22 bits per heavy atom. The first-order valence-electron chi connectivity index (χ1n) is 3.09. The Hall–Kier alpha value is -0.570. The molecule has 0 amide bonds. The van der Waals surface area contributed by atoms with E-state index in [4.69, 9.17) is 10.6 Å². The van der Waals surface area contributed by atoms with Crippen molar-refractivity contribution in [1.29, 1.82) is 5.41 Å². The molecule has 3 heteroatoms. The topological polar surface area (TPSA) is 47.3 Å². The number of hydrogen-bond donors (Lipinski definition) is 2. The summed E-state index contributed by atoms with van der Waals surface area (Å²) >= 11 is 0. The highest BCUT2D eigenvalue weighted by Crippen LogP contribution is 2.29. The molecule has 1 heterocycles. The fourth-order valence-electron chi connectivity index (χ4n) is 0.965. The number of amidine groups is 1. The molecule has 0 aliphatic carbocycles. The van der Waals surface area contributed by atoms with E-state index in [1.165, 1.54) is 0 Å². The minimum atomic E-state index is -0.116. The Morgan fingerprint density at radius 1 is 1.67 bits per heavy atom. The van der Waals surface area contributed by atoms with E-state index in [2.05, 4.69) is 0 Å². The second kappa shape index (κ2) is 1.70. The van der Waals surface area contributed by atoms with Crippen molar-refractivity contribution in [3.8, 4) is 0 Å². The molecule has 1 saturated heterocycles. The number of hydroxylamine groups is 2. The van der Waals surface area contributed by atoms with E-state index in [0.717, 1.165) is 11.5 Å². The minimum absolute atomic E-state index is 0.116. The van der Waals surface area contributed by atoms with Crippen LogP contribution < -0.4 is 0 Å². The summed E-state index contributed by atoms with van der Waals surface area (Å²) in [5.41, 5.74) is -0.116. The lowest BCUT2D eigenvalue weighted by molar-refractivity contribution is -0.00437. The summed E-state index contributed by atoms with van der Waals surface area (Å²) in [6.07, 6.45) is 0.877. The molecule has 0 radical (unpaired) electrons. The van der Waals surface area contributed by atoms with Gasteiger partial charge >= 0.3 is 0 Å². The van der Waals surface area contributed by atoms with Gasteiger partial charge in [-0.1, -0.05) is 13.8 Å². The molecule has 0 spiro atoms. The van der Waals surface area contributed by atoms with E-state index in [9.17, 15) is 0 Å². The summed E-state index contributed by atoms with van der Waals surface area (Å²) < 4.78 is 0. The molecule has 0 unspecified atom stereocenters. The molecule has 1 aliphatic rings. The van der Waals surface area contributed by atoms with Gasteiger partial charge in [-0.2, -0.15) is 0 Å². The largest absolute Gasteiger partial charge is 0.287 e. The summed E-state index contributed by atoms with van der Waals surface area (Å²) in [5.74, 6) is 0.336. The standard InChI is InChI=1S/C6H12N2O/c1-6(2)3-4-8(9)5(6)7/h7,9H,3-4H2,1-2H3. The van der Waals surface area contributed by atoms with Crippen LogP contribution in [0.4, 0.5) is 0 Å². The van der Waals surface area contributed by atoms with E-state index in [-0.39, 0.29) is 5.41 Å². The zero-order valence-electron chi connectivity index (χ0n) is 5.81. The Balaban J connectivity index is 2.74. The molecule has 0 aromatic heterocycles. The lowest BCUT2D eigenvalue weighted by Gasteiger charge is -2.16. The predicted octanol–water partition coefficient (Wildman–Crippen LogP) is 1.08. The molecule has 1 aliphatic heterocycles. The SMILES string of the molecule is CC1(C)CCN(O)C1=N. The zero-order chi connectivity index (χ0) is 7.07. The van der Waals surface area contributed by atoms with Crippen molar-refractivity contribution in [2.24, 2.45) is 5.41 Å². The summed E-state index contributed by atoms with van der Waals surface area (Å²) in [4.78, 5) is 0. The Labute approximate surface area is 54.8 Å². The van der Waals surface area contributed by atoms with Crippen molar-refractivity contribution in [1.82, 2.24) is 5.06 Å². The zero-order valence-corrected chi connectivity index (χ0v) is 5.81. The number of rotatable bonds is 0. The molecule has 1 rings (SSSR count). The third-order valence-corrected chi connectivity index (χ3v) is 1.85. The lowest BCUT2D eigenvalue weighted by atomic mass is 9.92. The maximum Gasteiger partial charge on any atom is 0.126 e. The van der Waals surface area contributed by atoms with Gasteiger partial charge in [0.05, 0.1) is 0 Å². The van der Waals surface area contributed by atoms with Gasteiger partial charge in [0, 0.05) is 12.0 Å². The normalized spacial score (nSPS) is 25.2. The predicted molar refractivity (Wildman–Crippen MR) is 34.6 cm³/mol. The maximum absolute atomic E-state index is 8.94. The maximum atomic E-state index is 8.94. The molecule has 0 aromatic rings. The third-order valence-electron chi connectivity index (χ3n) is 1.85. The summed E-state index contributed by atoms with van der Waals surface area (Å²) in [7, 11) is 0. The second-order valence-electron chi connectivity index (χ2n) is 3.11. The van der Waals surface area contributed by atoms with Crippen molar-refractivity contribution in [2.45, 2.75) is 20.3 Å². The van der Waals surface area contributed by atoms with Crippen LogP contribution in [0.5, 0.6) is 0 Å². The van der Waals surface area contributed by atoms with Gasteiger partial charge < -0.3 is 0 Å². The second-order valence-corrected chi connectivity index (χ2v) is 3.11. The van der Waals surface area contributed by atoms with Crippen LogP contribution in [0.1, 0.15) is 20.3 Å². The van der Waals surface area contributed by atoms with Crippen LogP contribution in [0.25, 0.3) is 0 Å². The summed E-state index contributed by atoms with van der Waals surface area (Å²) in [6, 6.07) is 0. The van der Waals surface area contributed by atoms with Gasteiger partial charge in [0.25, 0.3) is 0 Å². The summed E-state index contributed by atoms with van der Waals surface area (Å²) in [5, 5.41) is 17.3. The highest BCUT2D eigenvalue weighted by molar-refractivity contribution is 5.85. The first-order valence-corrected chi connectivity index (χ1v) is 3.09. The fourth-order valence-corrected chi connectivity index (χ4v) is 0.965. The molecule has 1 fully saturated rings. The van der Waals surface area contributed by atoms with Gasteiger partial charge in [0.1, 0.15) is 5.84 Å². The Bertz CT molecular complexity index is 142. The highest BCUT2D eigenvalue weighted by atomic mass is 16.5. The average molecular weight is 128 g/mol. The fraction of sp³-hybridized carbons (Fsp3) is 0.833. The molecule has 9 heavy (non-hydrogen) atoms. The highest BCUT2D eigenvalue weighted by Gasteiger charge is 2.34. The van der Waals surface area contributed by atoms with Crippen molar-refractivity contribution in [2.75, 3.05) is 6.54 Å². The van der Waals surface area contributed by atoms with Crippen LogP contribution in [-0.2, 0) is 0 Å². The van der Waals surface area contributed by atoms with Crippen LogP contribution in [0, 0.1) is 10.8 Å².